The third kappa shape index (κ3) is 3.64. The second kappa shape index (κ2) is 6.80. The van der Waals surface area contributed by atoms with Crippen LogP contribution in [0.25, 0.3) is 0 Å². The molecule has 2 nitrogen and oxygen atoms in total. The van der Waals surface area contributed by atoms with Gasteiger partial charge in [-0.1, -0.05) is 29.8 Å². The SMILES string of the molecule is CC(N)C(SC1CCOCC1)c1ccccc1Cl. The average molecular weight is 286 g/mol. The maximum absolute atomic E-state index is 6.29. The highest BCUT2D eigenvalue weighted by Gasteiger charge is 2.25. The van der Waals surface area contributed by atoms with Crippen LogP contribution in [0.4, 0.5) is 0 Å². The fourth-order valence-corrected chi connectivity index (χ4v) is 4.00. The van der Waals surface area contributed by atoms with Crippen molar-refractivity contribution in [2.45, 2.75) is 36.3 Å². The molecule has 2 unspecified atom stereocenters. The topological polar surface area (TPSA) is 35.2 Å². The van der Waals surface area contributed by atoms with Crippen LogP contribution in [-0.2, 0) is 4.74 Å². The first-order valence-corrected chi connectivity index (χ1v) is 7.74. The van der Waals surface area contributed by atoms with Crippen molar-refractivity contribution < 1.29 is 4.74 Å². The molecule has 2 atom stereocenters. The minimum absolute atomic E-state index is 0.0951. The summed E-state index contributed by atoms with van der Waals surface area (Å²) in [5.41, 5.74) is 7.30. The number of hydrogen-bond donors (Lipinski definition) is 1. The van der Waals surface area contributed by atoms with Gasteiger partial charge in [0.15, 0.2) is 0 Å². The van der Waals surface area contributed by atoms with E-state index in [1.165, 1.54) is 0 Å². The predicted molar refractivity (Wildman–Crippen MR) is 79.3 cm³/mol. The second-order valence-electron chi connectivity index (χ2n) is 4.75. The Bertz CT molecular complexity index is 380. The summed E-state index contributed by atoms with van der Waals surface area (Å²) < 4.78 is 5.40. The molecule has 0 saturated carbocycles. The largest absolute Gasteiger partial charge is 0.381 e. The van der Waals surface area contributed by atoms with Crippen LogP contribution in [0.15, 0.2) is 24.3 Å². The van der Waals surface area contributed by atoms with Gasteiger partial charge in [0.1, 0.15) is 0 Å². The standard InChI is InChI=1S/C14H20ClNOS/c1-10(16)14(12-4-2-3-5-13(12)15)18-11-6-8-17-9-7-11/h2-5,10-11,14H,6-9,16H2,1H3. The van der Waals surface area contributed by atoms with E-state index in [0.717, 1.165) is 36.6 Å². The van der Waals surface area contributed by atoms with Gasteiger partial charge < -0.3 is 10.5 Å². The van der Waals surface area contributed by atoms with Gasteiger partial charge in [-0.15, -0.1) is 11.8 Å². The van der Waals surface area contributed by atoms with Gasteiger partial charge in [0.05, 0.1) is 0 Å². The summed E-state index contributed by atoms with van der Waals surface area (Å²) in [5, 5.41) is 1.71. The number of benzene rings is 1. The Balaban J connectivity index is 2.10. The highest BCUT2D eigenvalue weighted by atomic mass is 35.5. The van der Waals surface area contributed by atoms with Gasteiger partial charge in [-0.3, -0.25) is 0 Å². The first-order valence-electron chi connectivity index (χ1n) is 6.41. The fourth-order valence-electron chi connectivity index (χ4n) is 2.21. The molecule has 4 heteroatoms. The average Bonchev–Trinajstić information content (AvgIpc) is 2.38. The summed E-state index contributed by atoms with van der Waals surface area (Å²) in [7, 11) is 0. The Labute approximate surface area is 118 Å². The first kappa shape index (κ1) is 14.2. The Morgan fingerprint density at radius 3 is 2.61 bits per heavy atom. The minimum atomic E-state index is 0.0951. The lowest BCUT2D eigenvalue weighted by Gasteiger charge is -2.29. The molecule has 1 aliphatic heterocycles. The molecule has 100 valence electrons. The molecule has 1 aliphatic rings. The molecule has 0 amide bonds. The van der Waals surface area contributed by atoms with Crippen molar-refractivity contribution in [1.29, 1.82) is 0 Å². The van der Waals surface area contributed by atoms with Crippen molar-refractivity contribution in [3.63, 3.8) is 0 Å². The smallest absolute Gasteiger partial charge is 0.0476 e. The summed E-state index contributed by atoms with van der Waals surface area (Å²) in [6.07, 6.45) is 2.22. The van der Waals surface area contributed by atoms with Crippen molar-refractivity contribution in [3.05, 3.63) is 34.9 Å². The number of nitrogens with two attached hydrogens (primary N) is 1. The van der Waals surface area contributed by atoms with Crippen LogP contribution >= 0.6 is 23.4 Å². The molecular weight excluding hydrogens is 266 g/mol. The maximum atomic E-state index is 6.29. The van der Waals surface area contributed by atoms with Gasteiger partial charge >= 0.3 is 0 Å². The van der Waals surface area contributed by atoms with Gasteiger partial charge in [-0.05, 0) is 31.4 Å². The van der Waals surface area contributed by atoms with E-state index in [1.54, 1.807) is 0 Å². The minimum Gasteiger partial charge on any atom is -0.381 e. The van der Waals surface area contributed by atoms with Crippen LogP contribution in [-0.4, -0.2) is 24.5 Å². The molecule has 1 heterocycles. The highest BCUT2D eigenvalue weighted by molar-refractivity contribution is 8.00. The van der Waals surface area contributed by atoms with Crippen LogP contribution in [0.1, 0.15) is 30.6 Å². The second-order valence-corrected chi connectivity index (χ2v) is 6.60. The van der Waals surface area contributed by atoms with Gasteiger partial charge in [0, 0.05) is 34.8 Å². The number of thioether (sulfide) groups is 1. The van der Waals surface area contributed by atoms with E-state index in [4.69, 9.17) is 22.1 Å². The summed E-state index contributed by atoms with van der Waals surface area (Å²) in [6.45, 7) is 3.79. The van der Waals surface area contributed by atoms with Gasteiger partial charge in [0.2, 0.25) is 0 Å². The molecule has 0 aromatic heterocycles. The zero-order valence-corrected chi connectivity index (χ0v) is 12.2. The van der Waals surface area contributed by atoms with Crippen molar-refractivity contribution in [2.24, 2.45) is 5.73 Å². The lowest BCUT2D eigenvalue weighted by atomic mass is 10.1. The number of rotatable bonds is 4. The van der Waals surface area contributed by atoms with Crippen LogP contribution in [0, 0.1) is 0 Å². The van der Waals surface area contributed by atoms with E-state index in [1.807, 2.05) is 30.0 Å². The van der Waals surface area contributed by atoms with Crippen molar-refractivity contribution in [3.8, 4) is 0 Å². The quantitative estimate of drug-likeness (QED) is 0.917. The summed E-state index contributed by atoms with van der Waals surface area (Å²) in [4.78, 5) is 0. The Kier molecular flexibility index (Phi) is 5.37. The molecular formula is C14H20ClNOS. The first-order chi connectivity index (χ1) is 8.68. The van der Waals surface area contributed by atoms with Gasteiger partial charge in [-0.25, -0.2) is 0 Å². The highest BCUT2D eigenvalue weighted by Crippen LogP contribution is 2.40. The lowest BCUT2D eigenvalue weighted by Crippen LogP contribution is -2.27. The van der Waals surface area contributed by atoms with Crippen LogP contribution in [0.2, 0.25) is 5.02 Å². The van der Waals surface area contributed by atoms with Crippen molar-refractivity contribution >= 4 is 23.4 Å². The maximum Gasteiger partial charge on any atom is 0.0476 e. The lowest BCUT2D eigenvalue weighted by molar-refractivity contribution is 0.0999. The zero-order chi connectivity index (χ0) is 13.0. The van der Waals surface area contributed by atoms with E-state index in [2.05, 4.69) is 13.0 Å². The monoisotopic (exact) mass is 285 g/mol. The third-order valence-electron chi connectivity index (χ3n) is 3.20. The van der Waals surface area contributed by atoms with E-state index in [-0.39, 0.29) is 11.3 Å². The fraction of sp³-hybridized carbons (Fsp3) is 0.571. The summed E-state index contributed by atoms with van der Waals surface area (Å²) in [6, 6.07) is 8.11. The van der Waals surface area contributed by atoms with Crippen molar-refractivity contribution in [1.82, 2.24) is 0 Å². The van der Waals surface area contributed by atoms with Crippen LogP contribution in [0.3, 0.4) is 0 Å². The molecule has 2 N–H and O–H groups in total. The zero-order valence-electron chi connectivity index (χ0n) is 10.6. The molecule has 18 heavy (non-hydrogen) atoms. The molecule has 1 aromatic rings. The number of hydrogen-bond acceptors (Lipinski definition) is 3. The third-order valence-corrected chi connectivity index (χ3v) is 5.37. The summed E-state index contributed by atoms with van der Waals surface area (Å²) >= 11 is 8.24. The predicted octanol–water partition coefficient (Wildman–Crippen LogP) is 3.64. The molecule has 2 rings (SSSR count). The molecule has 1 aromatic carbocycles. The number of halogens is 1. The Morgan fingerprint density at radius 1 is 1.33 bits per heavy atom. The van der Waals surface area contributed by atoms with Gasteiger partial charge in [-0.2, -0.15) is 0 Å². The van der Waals surface area contributed by atoms with Crippen molar-refractivity contribution in [2.75, 3.05) is 13.2 Å². The molecule has 0 bridgehead atoms. The molecule has 0 spiro atoms. The molecule has 0 aliphatic carbocycles. The molecule has 1 fully saturated rings. The Hall–Kier alpha value is -0.220. The normalized spacial score (nSPS) is 20.6. The number of ether oxygens (including phenoxy) is 1. The summed E-state index contributed by atoms with van der Waals surface area (Å²) in [5.74, 6) is 0. The van der Waals surface area contributed by atoms with E-state index >= 15 is 0 Å². The molecule has 1 saturated heterocycles. The van der Waals surface area contributed by atoms with Crippen LogP contribution < -0.4 is 5.73 Å². The van der Waals surface area contributed by atoms with E-state index < -0.39 is 0 Å². The molecule has 0 radical (unpaired) electrons. The van der Waals surface area contributed by atoms with Crippen LogP contribution in [0.5, 0.6) is 0 Å². The van der Waals surface area contributed by atoms with E-state index in [9.17, 15) is 0 Å². The Morgan fingerprint density at radius 2 is 2.00 bits per heavy atom. The van der Waals surface area contributed by atoms with E-state index in [0.29, 0.717) is 5.25 Å². The van der Waals surface area contributed by atoms with Gasteiger partial charge in [0.25, 0.3) is 0 Å².